The number of carbonyl (C=O) groups is 2. The molecule has 3 aromatic rings. The summed E-state index contributed by atoms with van der Waals surface area (Å²) in [6, 6.07) is 19.5. The van der Waals surface area contributed by atoms with Gasteiger partial charge in [0.05, 0.1) is 18.3 Å². The van der Waals surface area contributed by atoms with Gasteiger partial charge in [0.15, 0.2) is 5.78 Å². The van der Waals surface area contributed by atoms with E-state index in [1.807, 2.05) is 88.4 Å². The number of aromatic nitrogens is 2. The molecule has 0 saturated carbocycles. The molecule has 1 heterocycles. The van der Waals surface area contributed by atoms with E-state index in [1.165, 1.54) is 0 Å². The summed E-state index contributed by atoms with van der Waals surface area (Å²) >= 11 is 0. The number of aromatic amines is 1. The third-order valence-electron chi connectivity index (χ3n) is 6.33. The van der Waals surface area contributed by atoms with Gasteiger partial charge in [-0.05, 0) is 36.3 Å². The van der Waals surface area contributed by atoms with Gasteiger partial charge < -0.3 is 15.4 Å². The third kappa shape index (κ3) is 8.16. The van der Waals surface area contributed by atoms with E-state index in [0.717, 1.165) is 11.1 Å². The van der Waals surface area contributed by atoms with Crippen molar-refractivity contribution in [1.82, 2.24) is 15.3 Å². The van der Waals surface area contributed by atoms with Crippen LogP contribution in [-0.2, 0) is 17.6 Å². The van der Waals surface area contributed by atoms with Gasteiger partial charge >= 0.3 is 0 Å². The Morgan fingerprint density at radius 1 is 0.917 bits per heavy atom. The molecule has 36 heavy (non-hydrogen) atoms. The lowest BCUT2D eigenvalue weighted by Crippen LogP contribution is -2.45. The number of amides is 1. The monoisotopic (exact) mass is 489 g/mol. The highest BCUT2D eigenvalue weighted by atomic mass is 16.3. The van der Waals surface area contributed by atoms with Crippen molar-refractivity contribution in [1.29, 1.82) is 0 Å². The normalized spacial score (nSPS) is 14.0. The van der Waals surface area contributed by atoms with Gasteiger partial charge in [-0.1, -0.05) is 88.4 Å². The van der Waals surface area contributed by atoms with Crippen LogP contribution in [0.2, 0.25) is 0 Å². The van der Waals surface area contributed by atoms with E-state index in [4.69, 9.17) is 0 Å². The van der Waals surface area contributed by atoms with Gasteiger partial charge in [0.2, 0.25) is 5.91 Å². The van der Waals surface area contributed by atoms with Crippen LogP contribution in [0.15, 0.2) is 66.9 Å². The molecule has 1 aromatic heterocycles. The van der Waals surface area contributed by atoms with Gasteiger partial charge in [-0.3, -0.25) is 9.59 Å². The number of benzene rings is 2. The molecule has 6 heteroatoms. The molecule has 3 atom stereocenters. The van der Waals surface area contributed by atoms with Gasteiger partial charge in [0, 0.05) is 18.3 Å². The average molecular weight is 490 g/mol. The predicted molar refractivity (Wildman–Crippen MR) is 143 cm³/mol. The second-order valence-corrected chi connectivity index (χ2v) is 10.4. The van der Waals surface area contributed by atoms with Crippen LogP contribution in [-0.4, -0.2) is 38.9 Å². The minimum atomic E-state index is -0.801. The first-order valence-corrected chi connectivity index (χ1v) is 12.9. The number of aliphatic hydroxyl groups excluding tert-OH is 1. The Kier molecular flexibility index (Phi) is 10.00. The van der Waals surface area contributed by atoms with E-state index >= 15 is 0 Å². The summed E-state index contributed by atoms with van der Waals surface area (Å²) in [6.45, 7) is 7.74. The van der Waals surface area contributed by atoms with Crippen LogP contribution in [0.25, 0.3) is 0 Å². The number of H-pyrrole nitrogens is 1. The van der Waals surface area contributed by atoms with Crippen molar-refractivity contribution in [2.75, 3.05) is 0 Å². The first-order valence-electron chi connectivity index (χ1n) is 12.9. The Balaban J connectivity index is 1.85. The summed E-state index contributed by atoms with van der Waals surface area (Å²) < 4.78 is 0. The van der Waals surface area contributed by atoms with Crippen LogP contribution in [0, 0.1) is 11.8 Å². The highest BCUT2D eigenvalue weighted by Crippen LogP contribution is 2.26. The minimum absolute atomic E-state index is 0.00987. The number of carbonyl (C=O) groups excluding carboxylic acids is 2. The third-order valence-corrected chi connectivity index (χ3v) is 6.33. The second kappa shape index (κ2) is 13.2. The fourth-order valence-corrected chi connectivity index (χ4v) is 4.41. The zero-order chi connectivity index (χ0) is 26.1. The largest absolute Gasteiger partial charge is 0.391 e. The Hall–Kier alpha value is -3.25. The van der Waals surface area contributed by atoms with Crippen LogP contribution in [0.5, 0.6) is 0 Å². The second-order valence-electron chi connectivity index (χ2n) is 10.4. The lowest BCUT2D eigenvalue weighted by Gasteiger charge is -2.28. The van der Waals surface area contributed by atoms with E-state index in [0.29, 0.717) is 37.2 Å². The molecule has 6 nitrogen and oxygen atoms in total. The summed E-state index contributed by atoms with van der Waals surface area (Å²) in [4.78, 5) is 32.9. The maximum absolute atomic E-state index is 12.7. The number of hydrogen-bond acceptors (Lipinski definition) is 4. The van der Waals surface area contributed by atoms with Gasteiger partial charge in [0.1, 0.15) is 11.5 Å². The number of ketones is 1. The van der Waals surface area contributed by atoms with Crippen LogP contribution in [0.4, 0.5) is 0 Å². The number of nitrogens with one attached hydrogen (secondary N) is 2. The Bertz CT molecular complexity index is 1090. The molecule has 0 bridgehead atoms. The van der Waals surface area contributed by atoms with Crippen molar-refractivity contribution in [3.05, 3.63) is 89.5 Å². The van der Waals surface area contributed by atoms with E-state index < -0.39 is 12.1 Å². The highest BCUT2D eigenvalue weighted by molar-refractivity contribution is 5.95. The Labute approximate surface area is 214 Å². The number of Topliss-reactive ketones (excluding diaryl/α,β-unsaturated/α-hetero) is 1. The van der Waals surface area contributed by atoms with Crippen molar-refractivity contribution < 1.29 is 14.7 Å². The molecule has 0 saturated heterocycles. The Morgan fingerprint density at radius 2 is 1.50 bits per heavy atom. The Morgan fingerprint density at radius 3 is 2.06 bits per heavy atom. The van der Waals surface area contributed by atoms with Crippen LogP contribution in [0.3, 0.4) is 0 Å². The molecule has 0 aliphatic heterocycles. The average Bonchev–Trinajstić information content (AvgIpc) is 3.33. The smallest absolute Gasteiger partial charge is 0.220 e. The molecule has 0 radical (unpaired) electrons. The standard InChI is InChI=1S/C30H39N3O3/c1-20(2)15-28(35)32-25(17-23-13-9-6-10-14-23)27(34)18-24(16-22-11-7-5-8-12-22)30-31-19-26(33-30)29(36)21(3)4/h5-14,19-21,24-25,27,34H,15-18H2,1-4H3,(H,31,33)(H,32,35)/t24-,25+,27+/m1/s1. The first kappa shape index (κ1) is 27.3. The SMILES string of the molecule is CC(C)CC(=O)N[C@@H](Cc1ccccc1)[C@@H](O)C[C@@H](Cc1ccccc1)c1ncc(C(=O)C(C)C)[nH]1. The highest BCUT2D eigenvalue weighted by Gasteiger charge is 2.28. The lowest BCUT2D eigenvalue weighted by atomic mass is 9.88. The fraction of sp³-hybridized carbons (Fsp3) is 0.433. The number of nitrogens with zero attached hydrogens (tertiary/aromatic N) is 1. The summed E-state index contributed by atoms with van der Waals surface area (Å²) in [7, 11) is 0. The molecule has 0 fully saturated rings. The van der Waals surface area contributed by atoms with Crippen molar-refractivity contribution in [3.63, 3.8) is 0 Å². The van der Waals surface area contributed by atoms with Crippen LogP contribution < -0.4 is 5.32 Å². The zero-order valence-corrected chi connectivity index (χ0v) is 21.8. The first-order chi connectivity index (χ1) is 17.2. The van der Waals surface area contributed by atoms with E-state index in [-0.39, 0.29) is 29.4 Å². The van der Waals surface area contributed by atoms with Gasteiger partial charge in [-0.15, -0.1) is 0 Å². The lowest BCUT2D eigenvalue weighted by molar-refractivity contribution is -0.123. The quantitative estimate of drug-likeness (QED) is 0.291. The summed E-state index contributed by atoms with van der Waals surface area (Å²) in [5.41, 5.74) is 2.65. The maximum atomic E-state index is 12.7. The van der Waals surface area contributed by atoms with E-state index in [1.54, 1.807) is 6.20 Å². The number of imidazole rings is 1. The molecule has 3 N–H and O–H groups in total. The van der Waals surface area contributed by atoms with Crippen LogP contribution in [0.1, 0.15) is 73.9 Å². The molecule has 1 amide bonds. The van der Waals surface area contributed by atoms with E-state index in [9.17, 15) is 14.7 Å². The number of hydrogen-bond donors (Lipinski definition) is 3. The van der Waals surface area contributed by atoms with Crippen molar-refractivity contribution in [3.8, 4) is 0 Å². The molecule has 3 rings (SSSR count). The maximum Gasteiger partial charge on any atom is 0.220 e. The van der Waals surface area contributed by atoms with Gasteiger partial charge in [-0.25, -0.2) is 4.98 Å². The molecule has 192 valence electrons. The minimum Gasteiger partial charge on any atom is -0.391 e. The van der Waals surface area contributed by atoms with Gasteiger partial charge in [-0.2, -0.15) is 0 Å². The van der Waals surface area contributed by atoms with Gasteiger partial charge in [0.25, 0.3) is 0 Å². The van der Waals surface area contributed by atoms with Crippen LogP contribution >= 0.6 is 0 Å². The predicted octanol–water partition coefficient (Wildman–Crippen LogP) is 5.10. The van der Waals surface area contributed by atoms with E-state index in [2.05, 4.69) is 15.3 Å². The van der Waals surface area contributed by atoms with Crippen molar-refractivity contribution >= 4 is 11.7 Å². The molecule has 0 aliphatic rings. The molecule has 2 aromatic carbocycles. The molecule has 0 spiro atoms. The summed E-state index contributed by atoms with van der Waals surface area (Å²) in [5.74, 6) is 0.557. The number of rotatable bonds is 13. The molecular weight excluding hydrogens is 450 g/mol. The molecule has 0 aliphatic carbocycles. The zero-order valence-electron chi connectivity index (χ0n) is 21.8. The van der Waals surface area contributed by atoms with Crippen molar-refractivity contribution in [2.45, 2.75) is 71.4 Å². The topological polar surface area (TPSA) is 95.1 Å². The summed E-state index contributed by atoms with van der Waals surface area (Å²) in [6.07, 6.45) is 2.76. The fourth-order valence-electron chi connectivity index (χ4n) is 4.41. The number of aliphatic hydroxyl groups is 1. The molecular formula is C30H39N3O3. The van der Waals surface area contributed by atoms with Crippen molar-refractivity contribution in [2.24, 2.45) is 11.8 Å². The summed E-state index contributed by atoms with van der Waals surface area (Å²) in [5, 5.41) is 14.5. The molecule has 0 unspecified atom stereocenters.